The van der Waals surface area contributed by atoms with Gasteiger partial charge in [0.15, 0.2) is 5.96 Å². The largest absolute Gasteiger partial charge is 0.357 e. The molecule has 3 rings (SSSR count). The number of aromatic nitrogens is 2. The molecule has 0 atom stereocenters. The number of rotatable bonds is 5. The third kappa shape index (κ3) is 5.43. The van der Waals surface area contributed by atoms with Gasteiger partial charge < -0.3 is 15.1 Å². The van der Waals surface area contributed by atoms with Crippen LogP contribution in [0.15, 0.2) is 41.7 Å². The molecular formula is C19H26FIN6O. The van der Waals surface area contributed by atoms with Crippen molar-refractivity contribution in [1.82, 2.24) is 20.0 Å². The molecule has 7 nitrogen and oxygen atoms in total. The molecule has 1 amide bonds. The first-order chi connectivity index (χ1) is 13.1. The summed E-state index contributed by atoms with van der Waals surface area (Å²) in [5.74, 6) is 0.486. The summed E-state index contributed by atoms with van der Waals surface area (Å²) in [5.41, 5.74) is 1.46. The summed E-state index contributed by atoms with van der Waals surface area (Å²) in [6, 6.07) is 6.73. The SMILES string of the molecule is CCNC(=NCCc1ccccc1F)N1CCN(c2cnn(C)c2)C(=O)C1.I. The van der Waals surface area contributed by atoms with E-state index in [1.165, 1.54) is 6.07 Å². The Balaban J connectivity index is 0.00000280. The number of benzene rings is 1. The van der Waals surface area contributed by atoms with Crippen molar-refractivity contribution < 1.29 is 9.18 Å². The number of carbonyl (C=O) groups excluding carboxylic acids is 1. The monoisotopic (exact) mass is 500 g/mol. The number of hydrogen-bond acceptors (Lipinski definition) is 3. The van der Waals surface area contributed by atoms with Crippen LogP contribution in [0.4, 0.5) is 10.1 Å². The fourth-order valence-corrected chi connectivity index (χ4v) is 3.08. The topological polar surface area (TPSA) is 65.8 Å². The Hall–Kier alpha value is -2.17. The summed E-state index contributed by atoms with van der Waals surface area (Å²) >= 11 is 0. The number of nitrogens with one attached hydrogen (secondary N) is 1. The standard InChI is InChI=1S/C19H25FN6O.HI/c1-3-21-19(22-9-8-15-6-4-5-7-17(15)20)25-10-11-26(18(27)14-25)16-12-23-24(2)13-16;/h4-7,12-13H,3,8-11,14H2,1-2H3,(H,21,22);1H. The predicted molar refractivity (Wildman–Crippen MR) is 119 cm³/mol. The zero-order valence-electron chi connectivity index (χ0n) is 16.1. The van der Waals surface area contributed by atoms with Crippen LogP contribution in [0.1, 0.15) is 12.5 Å². The second-order valence-corrected chi connectivity index (χ2v) is 6.42. The molecule has 0 saturated carbocycles. The van der Waals surface area contributed by atoms with E-state index in [2.05, 4.69) is 15.4 Å². The number of aryl methyl sites for hydroxylation is 1. The van der Waals surface area contributed by atoms with Crippen LogP contribution in [-0.4, -0.2) is 59.3 Å². The fourth-order valence-electron chi connectivity index (χ4n) is 3.08. The average Bonchev–Trinajstić information content (AvgIpc) is 3.08. The Morgan fingerprint density at radius 1 is 1.32 bits per heavy atom. The van der Waals surface area contributed by atoms with Gasteiger partial charge in [0.2, 0.25) is 5.91 Å². The van der Waals surface area contributed by atoms with E-state index < -0.39 is 0 Å². The minimum atomic E-state index is -0.210. The maximum atomic E-state index is 13.7. The van der Waals surface area contributed by atoms with Gasteiger partial charge in [0.25, 0.3) is 0 Å². The lowest BCUT2D eigenvalue weighted by molar-refractivity contribution is -0.120. The lowest BCUT2D eigenvalue weighted by atomic mass is 10.1. The molecule has 0 spiro atoms. The summed E-state index contributed by atoms with van der Waals surface area (Å²) in [6.07, 6.45) is 4.05. The van der Waals surface area contributed by atoms with Crippen molar-refractivity contribution in [3.8, 4) is 0 Å². The summed E-state index contributed by atoms with van der Waals surface area (Å²) in [4.78, 5) is 20.9. The van der Waals surface area contributed by atoms with E-state index in [1.807, 2.05) is 31.1 Å². The van der Waals surface area contributed by atoms with Crippen LogP contribution in [0.2, 0.25) is 0 Å². The molecule has 152 valence electrons. The Bertz CT molecular complexity index is 824. The minimum Gasteiger partial charge on any atom is -0.357 e. The third-order valence-corrected chi connectivity index (χ3v) is 4.46. The van der Waals surface area contributed by atoms with E-state index in [9.17, 15) is 9.18 Å². The molecule has 0 radical (unpaired) electrons. The first kappa shape index (κ1) is 22.1. The zero-order chi connectivity index (χ0) is 19.2. The molecule has 2 heterocycles. The van der Waals surface area contributed by atoms with Gasteiger partial charge in [-0.15, -0.1) is 24.0 Å². The molecule has 1 fully saturated rings. The smallest absolute Gasteiger partial charge is 0.246 e. The van der Waals surface area contributed by atoms with E-state index in [0.717, 1.165) is 5.69 Å². The van der Waals surface area contributed by atoms with Crippen LogP contribution in [0.25, 0.3) is 0 Å². The van der Waals surface area contributed by atoms with Crippen molar-refractivity contribution in [3.63, 3.8) is 0 Å². The number of guanidine groups is 1. The molecular weight excluding hydrogens is 474 g/mol. The molecule has 0 aliphatic carbocycles. The first-order valence-corrected chi connectivity index (χ1v) is 9.14. The average molecular weight is 500 g/mol. The van der Waals surface area contributed by atoms with Gasteiger partial charge in [-0.25, -0.2) is 4.39 Å². The van der Waals surface area contributed by atoms with Crippen molar-refractivity contribution in [2.45, 2.75) is 13.3 Å². The Labute approximate surface area is 181 Å². The van der Waals surface area contributed by atoms with Gasteiger partial charge in [0.05, 0.1) is 11.9 Å². The molecule has 1 aromatic heterocycles. The van der Waals surface area contributed by atoms with Crippen molar-refractivity contribution in [3.05, 3.63) is 48.0 Å². The number of carbonyl (C=O) groups is 1. The molecule has 1 N–H and O–H groups in total. The zero-order valence-corrected chi connectivity index (χ0v) is 18.5. The van der Waals surface area contributed by atoms with Crippen molar-refractivity contribution in [2.24, 2.45) is 12.0 Å². The maximum Gasteiger partial charge on any atom is 0.246 e. The second kappa shape index (κ2) is 10.4. The van der Waals surface area contributed by atoms with E-state index in [-0.39, 0.29) is 42.2 Å². The van der Waals surface area contributed by atoms with Gasteiger partial charge in [-0.05, 0) is 25.0 Å². The van der Waals surface area contributed by atoms with Gasteiger partial charge in [-0.1, -0.05) is 18.2 Å². The molecule has 1 aliphatic rings. The normalized spacial score (nSPS) is 14.8. The molecule has 0 unspecified atom stereocenters. The summed E-state index contributed by atoms with van der Waals surface area (Å²) in [6.45, 7) is 4.64. The van der Waals surface area contributed by atoms with E-state index >= 15 is 0 Å². The van der Waals surface area contributed by atoms with Crippen molar-refractivity contribution in [2.75, 3.05) is 37.6 Å². The highest BCUT2D eigenvalue weighted by molar-refractivity contribution is 14.0. The van der Waals surface area contributed by atoms with Gasteiger partial charge >= 0.3 is 0 Å². The van der Waals surface area contributed by atoms with Crippen LogP contribution in [0.5, 0.6) is 0 Å². The molecule has 9 heteroatoms. The number of aliphatic imine (C=N–C) groups is 1. The number of halogens is 2. The summed E-state index contributed by atoms with van der Waals surface area (Å²) < 4.78 is 15.4. The number of amides is 1. The summed E-state index contributed by atoms with van der Waals surface area (Å²) in [7, 11) is 1.83. The van der Waals surface area contributed by atoms with Crippen LogP contribution in [0.3, 0.4) is 0 Å². The second-order valence-electron chi connectivity index (χ2n) is 6.42. The van der Waals surface area contributed by atoms with Gasteiger partial charge in [-0.3, -0.25) is 14.5 Å². The Kier molecular flexibility index (Phi) is 8.21. The van der Waals surface area contributed by atoms with Crippen LogP contribution < -0.4 is 10.2 Å². The number of hydrogen-bond donors (Lipinski definition) is 1. The van der Waals surface area contributed by atoms with Crippen LogP contribution in [-0.2, 0) is 18.3 Å². The molecule has 2 aromatic rings. The Morgan fingerprint density at radius 2 is 2.11 bits per heavy atom. The summed E-state index contributed by atoms with van der Waals surface area (Å²) in [5, 5.41) is 7.36. The third-order valence-electron chi connectivity index (χ3n) is 4.46. The maximum absolute atomic E-state index is 13.7. The first-order valence-electron chi connectivity index (χ1n) is 9.14. The fraction of sp³-hybridized carbons (Fsp3) is 0.421. The van der Waals surface area contributed by atoms with Crippen molar-refractivity contribution in [1.29, 1.82) is 0 Å². The molecule has 28 heavy (non-hydrogen) atoms. The number of nitrogens with zero attached hydrogens (tertiary/aromatic N) is 5. The van der Waals surface area contributed by atoms with Gasteiger partial charge in [0, 0.05) is 39.4 Å². The number of anilines is 1. The van der Waals surface area contributed by atoms with E-state index in [0.29, 0.717) is 44.1 Å². The van der Waals surface area contributed by atoms with Crippen LogP contribution in [0, 0.1) is 5.82 Å². The van der Waals surface area contributed by atoms with Crippen LogP contribution >= 0.6 is 24.0 Å². The highest BCUT2D eigenvalue weighted by Gasteiger charge is 2.27. The lowest BCUT2D eigenvalue weighted by Gasteiger charge is -2.35. The molecule has 0 bridgehead atoms. The van der Waals surface area contributed by atoms with E-state index in [1.54, 1.807) is 27.9 Å². The molecule has 1 aromatic carbocycles. The number of piperazine rings is 1. The van der Waals surface area contributed by atoms with Gasteiger partial charge in [-0.2, -0.15) is 5.10 Å². The highest BCUT2D eigenvalue weighted by Crippen LogP contribution is 2.16. The minimum absolute atomic E-state index is 0. The van der Waals surface area contributed by atoms with Crippen molar-refractivity contribution >= 4 is 41.5 Å². The quantitative estimate of drug-likeness (QED) is 0.388. The lowest BCUT2D eigenvalue weighted by Crippen LogP contribution is -2.55. The molecule has 1 aliphatic heterocycles. The van der Waals surface area contributed by atoms with E-state index in [4.69, 9.17) is 0 Å². The predicted octanol–water partition coefficient (Wildman–Crippen LogP) is 2.03. The highest BCUT2D eigenvalue weighted by atomic mass is 127. The molecule has 1 saturated heterocycles. The van der Waals surface area contributed by atoms with Gasteiger partial charge in [0.1, 0.15) is 12.4 Å². The Morgan fingerprint density at radius 3 is 2.75 bits per heavy atom.